The summed E-state index contributed by atoms with van der Waals surface area (Å²) in [5.74, 6) is -2.71. The fourth-order valence-electron chi connectivity index (χ4n) is 7.87. The van der Waals surface area contributed by atoms with E-state index in [1.165, 1.54) is 23.1 Å². The second-order valence-electron chi connectivity index (χ2n) is 15.8. The minimum atomic E-state index is -4.01. The molecule has 5 atom stereocenters. The summed E-state index contributed by atoms with van der Waals surface area (Å²) < 4.78 is 54.1. The SMILES string of the molecule is Cc1ccc(C(=O)N[C@H]2CCCCC/C=C\[C@@H]3C[C@@]3(C(=O)NS(=O)(=O)C3(C)CC3)NC(=O)[C@@H]3C[C@@H](Oc4nc5ccccc5c5cc(F)ccc45)CN3C2=O)o1. The van der Waals surface area contributed by atoms with Gasteiger partial charge >= 0.3 is 0 Å². The van der Waals surface area contributed by atoms with E-state index in [9.17, 15) is 32.0 Å². The van der Waals surface area contributed by atoms with Crippen LogP contribution in [0.1, 0.15) is 81.0 Å². The molecule has 2 aliphatic carbocycles. The van der Waals surface area contributed by atoms with Crippen LogP contribution in [0.4, 0.5) is 4.39 Å². The van der Waals surface area contributed by atoms with Crippen LogP contribution in [0.25, 0.3) is 21.7 Å². The molecule has 4 heterocycles. The van der Waals surface area contributed by atoms with Crippen LogP contribution in [-0.4, -0.2) is 76.9 Å². The number of nitrogens with zero attached hydrogens (tertiary/aromatic N) is 2. The Balaban J connectivity index is 1.13. The zero-order valence-corrected chi connectivity index (χ0v) is 32.0. The van der Waals surface area contributed by atoms with E-state index in [1.54, 1.807) is 38.1 Å². The van der Waals surface area contributed by atoms with E-state index in [0.29, 0.717) is 54.2 Å². The lowest BCUT2D eigenvalue weighted by Gasteiger charge is -2.30. The van der Waals surface area contributed by atoms with Gasteiger partial charge in [-0.1, -0.05) is 43.2 Å². The zero-order chi connectivity index (χ0) is 39.4. The fraction of sp³-hybridized carbons (Fsp3) is 0.439. The molecule has 3 N–H and O–H groups in total. The Morgan fingerprint density at radius 2 is 1.84 bits per heavy atom. The van der Waals surface area contributed by atoms with Crippen LogP contribution in [0, 0.1) is 18.7 Å². The van der Waals surface area contributed by atoms with Gasteiger partial charge in [-0.05, 0) is 94.2 Å². The third kappa shape index (κ3) is 7.12. The Bertz CT molecular complexity index is 2390. The number of aromatic nitrogens is 1. The first-order valence-electron chi connectivity index (χ1n) is 19.1. The lowest BCUT2D eigenvalue weighted by Crippen LogP contribution is -2.58. The number of furan rings is 1. The van der Waals surface area contributed by atoms with E-state index in [1.807, 2.05) is 24.3 Å². The van der Waals surface area contributed by atoms with Gasteiger partial charge in [0, 0.05) is 23.1 Å². The molecular weight excluding hydrogens is 742 g/mol. The highest BCUT2D eigenvalue weighted by Crippen LogP contribution is 2.47. The van der Waals surface area contributed by atoms with Crippen molar-refractivity contribution in [1.29, 1.82) is 0 Å². The second-order valence-corrected chi connectivity index (χ2v) is 18.0. The molecule has 0 bridgehead atoms. The number of rotatable bonds is 7. The maximum Gasteiger partial charge on any atom is 0.287 e. The zero-order valence-electron chi connectivity index (χ0n) is 31.2. The van der Waals surface area contributed by atoms with Gasteiger partial charge < -0.3 is 24.7 Å². The highest BCUT2D eigenvalue weighted by molar-refractivity contribution is 7.91. The van der Waals surface area contributed by atoms with E-state index in [-0.39, 0.29) is 31.0 Å². The van der Waals surface area contributed by atoms with E-state index < -0.39 is 73.9 Å². The number of fused-ring (bicyclic) bond motifs is 5. The normalized spacial score (nSPS) is 26.9. The molecule has 0 unspecified atom stereocenters. The summed E-state index contributed by atoms with van der Waals surface area (Å²) in [6, 6.07) is 12.5. The van der Waals surface area contributed by atoms with Crippen molar-refractivity contribution >= 4 is 55.3 Å². The van der Waals surface area contributed by atoms with Crippen LogP contribution in [-0.2, 0) is 24.4 Å². The topological polar surface area (TPSA) is 177 Å². The molecule has 4 aromatic rings. The van der Waals surface area contributed by atoms with Crippen molar-refractivity contribution in [2.45, 2.75) is 100 Å². The number of sulfonamides is 1. The lowest BCUT2D eigenvalue weighted by molar-refractivity contribution is -0.141. The van der Waals surface area contributed by atoms with Gasteiger partial charge in [-0.3, -0.25) is 23.9 Å². The largest absolute Gasteiger partial charge is 0.472 e. The second kappa shape index (κ2) is 14.3. The molecule has 8 rings (SSSR count). The Morgan fingerprint density at radius 1 is 1.04 bits per heavy atom. The van der Waals surface area contributed by atoms with Gasteiger partial charge in [0.15, 0.2) is 5.76 Å². The summed E-state index contributed by atoms with van der Waals surface area (Å²) in [6.45, 7) is 3.21. The lowest BCUT2D eigenvalue weighted by atomic mass is 10.0. The average molecular weight is 786 g/mol. The number of carbonyl (C=O) groups is 4. The Morgan fingerprint density at radius 3 is 2.61 bits per heavy atom. The van der Waals surface area contributed by atoms with Gasteiger partial charge in [-0.25, -0.2) is 17.8 Å². The minimum Gasteiger partial charge on any atom is -0.472 e. The molecule has 4 amide bonds. The maximum atomic E-state index is 14.6. The molecule has 0 radical (unpaired) electrons. The molecule has 2 aliphatic heterocycles. The number of aryl methyl sites for hydroxylation is 1. The van der Waals surface area contributed by atoms with Crippen LogP contribution in [0.15, 0.2) is 71.2 Å². The third-order valence-electron chi connectivity index (χ3n) is 11.7. The molecule has 2 saturated carbocycles. The number of ether oxygens (including phenoxy) is 1. The summed E-state index contributed by atoms with van der Waals surface area (Å²) in [5.41, 5.74) is -0.987. The van der Waals surface area contributed by atoms with Crippen molar-refractivity contribution in [3.05, 3.63) is 84.1 Å². The van der Waals surface area contributed by atoms with Crippen LogP contribution in [0.2, 0.25) is 0 Å². The molecule has 294 valence electrons. The van der Waals surface area contributed by atoms with Crippen LogP contribution in [0.5, 0.6) is 5.88 Å². The van der Waals surface area contributed by atoms with Gasteiger partial charge in [0.25, 0.3) is 11.8 Å². The van der Waals surface area contributed by atoms with Crippen molar-refractivity contribution in [3.8, 4) is 5.88 Å². The Kier molecular flexibility index (Phi) is 9.62. The number of amides is 4. The summed E-state index contributed by atoms with van der Waals surface area (Å²) in [5, 5.41) is 7.55. The van der Waals surface area contributed by atoms with E-state index >= 15 is 0 Å². The summed E-state index contributed by atoms with van der Waals surface area (Å²) >= 11 is 0. The van der Waals surface area contributed by atoms with Gasteiger partial charge in [-0.2, -0.15) is 0 Å². The van der Waals surface area contributed by atoms with Crippen LogP contribution < -0.4 is 20.1 Å². The number of hydrogen-bond acceptors (Lipinski definition) is 9. The molecule has 4 aliphatic rings. The first-order chi connectivity index (χ1) is 26.8. The van der Waals surface area contributed by atoms with Crippen molar-refractivity contribution in [2.75, 3.05) is 6.54 Å². The maximum absolute atomic E-state index is 14.6. The average Bonchev–Trinajstić information content (AvgIpc) is 3.97. The van der Waals surface area contributed by atoms with Crippen molar-refractivity contribution in [3.63, 3.8) is 0 Å². The molecule has 56 heavy (non-hydrogen) atoms. The third-order valence-corrected chi connectivity index (χ3v) is 13.8. The highest BCUT2D eigenvalue weighted by atomic mass is 32.2. The number of para-hydroxylation sites is 1. The van der Waals surface area contributed by atoms with Crippen molar-refractivity contribution in [2.24, 2.45) is 5.92 Å². The number of benzene rings is 2. The molecule has 15 heteroatoms. The monoisotopic (exact) mass is 785 g/mol. The Labute approximate surface area is 323 Å². The van der Waals surface area contributed by atoms with Gasteiger partial charge in [0.1, 0.15) is 35.3 Å². The van der Waals surface area contributed by atoms with Gasteiger partial charge in [0.2, 0.25) is 27.7 Å². The smallest absolute Gasteiger partial charge is 0.287 e. The van der Waals surface area contributed by atoms with Crippen LogP contribution >= 0.6 is 0 Å². The molecule has 1 saturated heterocycles. The quantitative estimate of drug-likeness (QED) is 0.173. The number of nitrogens with one attached hydrogen (secondary N) is 3. The Hall–Kier alpha value is -5.31. The first-order valence-corrected chi connectivity index (χ1v) is 20.6. The number of halogens is 1. The first kappa shape index (κ1) is 37.6. The van der Waals surface area contributed by atoms with E-state index in [0.717, 1.165) is 18.2 Å². The standard InChI is InChI=1S/C41H44FN5O8S/c1-24-14-17-34(54-24)36(49)43-32-13-7-5-3-4-6-10-25-22-41(25,39(51)46-56(52,53)40(2)18-19-40)45-35(48)33-21-27(23-47(33)38(32)50)55-37-29-16-15-26(42)20-30(29)28-11-8-9-12-31(28)44-37/h6,8-12,14-17,20,25,27,32-33H,3-5,7,13,18-19,21-23H2,1-2H3,(H,43,49)(H,45,48)(H,46,51)/b10-6-/t25-,27-,32+,33+,41-/m1/s1. The molecule has 13 nitrogen and oxygen atoms in total. The summed E-state index contributed by atoms with van der Waals surface area (Å²) in [6.07, 6.45) is 7.09. The molecule has 2 aromatic carbocycles. The number of allylic oxidation sites excluding steroid dienone is 1. The van der Waals surface area contributed by atoms with E-state index in [4.69, 9.17) is 14.1 Å². The number of hydrogen-bond donors (Lipinski definition) is 3. The van der Waals surface area contributed by atoms with Gasteiger partial charge in [0.05, 0.1) is 16.8 Å². The molecule has 2 aromatic heterocycles. The predicted octanol–water partition coefficient (Wildman–Crippen LogP) is 4.97. The fourth-order valence-corrected chi connectivity index (χ4v) is 9.19. The molecule has 0 spiro atoms. The van der Waals surface area contributed by atoms with E-state index in [2.05, 4.69) is 15.4 Å². The number of pyridine rings is 1. The highest BCUT2D eigenvalue weighted by Gasteiger charge is 2.63. The summed E-state index contributed by atoms with van der Waals surface area (Å²) in [7, 11) is -4.01. The van der Waals surface area contributed by atoms with Crippen molar-refractivity contribution < 1.29 is 41.1 Å². The van der Waals surface area contributed by atoms with Gasteiger partial charge in [-0.15, -0.1) is 0 Å². The minimum absolute atomic E-state index is 0.0125. The summed E-state index contributed by atoms with van der Waals surface area (Å²) in [4.78, 5) is 62.5. The molecular formula is C41H44FN5O8S. The van der Waals surface area contributed by atoms with Crippen LogP contribution in [0.3, 0.4) is 0 Å². The van der Waals surface area contributed by atoms with Crippen molar-refractivity contribution in [1.82, 2.24) is 25.2 Å². The molecule has 3 fully saturated rings. The number of carbonyl (C=O) groups excluding carboxylic acids is 4. The predicted molar refractivity (Wildman–Crippen MR) is 204 cm³/mol.